The summed E-state index contributed by atoms with van der Waals surface area (Å²) in [6, 6.07) is 0. The molecule has 0 aromatic carbocycles. The van der Waals surface area contributed by atoms with Crippen LogP contribution in [0, 0.1) is 5.92 Å². The Hall–Kier alpha value is -1.00. The molecule has 0 spiro atoms. The molecule has 1 unspecified atom stereocenters. The van der Waals surface area contributed by atoms with Gasteiger partial charge in [0.15, 0.2) is 25.2 Å². The van der Waals surface area contributed by atoms with Gasteiger partial charge < -0.3 is 125 Å². The molecule has 5 fully saturated rings. The minimum absolute atomic E-state index is 0.178. The van der Waals surface area contributed by atoms with Gasteiger partial charge in [-0.2, -0.15) is 0 Å². The fourth-order valence-electron chi connectivity index (χ4n) is 7.27. The maximum atomic E-state index is 11.3. The van der Waals surface area contributed by atoms with Crippen LogP contribution < -0.4 is 0 Å². The molecule has 0 bridgehead atoms. The van der Waals surface area contributed by atoms with Crippen molar-refractivity contribution >= 4 is 0 Å². The second-order valence-corrected chi connectivity index (χ2v) is 14.5. The third-order valence-corrected chi connectivity index (χ3v) is 10.8. The summed E-state index contributed by atoms with van der Waals surface area (Å²) in [6.45, 7) is -3.75. The third-order valence-electron chi connectivity index (χ3n) is 10.8. The van der Waals surface area contributed by atoms with E-state index < -0.39 is 186 Å². The number of rotatable bonds is 13. The Morgan fingerprint density at radius 1 is 0.375 bits per heavy atom. The number of hydrogen-bond donors (Lipinski definition) is 17. The Balaban J connectivity index is 1.31. The van der Waals surface area contributed by atoms with Crippen molar-refractivity contribution < 1.29 is 125 Å². The van der Waals surface area contributed by atoms with Crippen LogP contribution in [0.15, 0.2) is 0 Å². The normalized spacial score (nSPS) is 53.2. The first kappa shape index (κ1) is 46.1. The van der Waals surface area contributed by atoms with Gasteiger partial charge in [0.1, 0.15) is 110 Å². The summed E-state index contributed by atoms with van der Waals surface area (Å²) in [6.07, 6.45) is -42.9. The molecule has 4 saturated heterocycles. The van der Waals surface area contributed by atoms with E-state index in [0.717, 1.165) is 0 Å². The number of aliphatic hydroxyl groups is 17. The largest absolute Gasteiger partial charge is 0.396 e. The van der Waals surface area contributed by atoms with Gasteiger partial charge in [0.25, 0.3) is 0 Å². The average molecular weight is 827 g/mol. The maximum Gasteiger partial charge on any atom is 0.187 e. The van der Waals surface area contributed by atoms with Crippen LogP contribution >= 0.6 is 0 Å². The van der Waals surface area contributed by atoms with Gasteiger partial charge in [-0.15, -0.1) is 0 Å². The van der Waals surface area contributed by atoms with E-state index in [1.165, 1.54) is 0 Å². The lowest BCUT2D eigenvalue weighted by atomic mass is 9.81. The minimum atomic E-state index is -2.05. The number of aliphatic hydroxyl groups excluding tert-OH is 17. The average Bonchev–Trinajstić information content (AvgIpc) is 3.18. The highest BCUT2D eigenvalue weighted by Gasteiger charge is 2.54. The van der Waals surface area contributed by atoms with E-state index in [1.807, 2.05) is 0 Å². The van der Waals surface area contributed by atoms with Gasteiger partial charge in [-0.3, -0.25) is 0 Å². The van der Waals surface area contributed by atoms with E-state index in [4.69, 9.17) is 37.9 Å². The van der Waals surface area contributed by atoms with Gasteiger partial charge in [-0.1, -0.05) is 0 Å². The SMILES string of the molecule is OC[C@H]1C[C@H](OC[C@H]2O[C@H](OC[C@H]3O[C@H](O[C@H]4[C@H](O)[C@@H](O)[C@@H](O)O[C@@H]4CO)[C@H](O)[C@@H](O)[C@@H]3O)[C@H](O)[C@@H](O)[C@@H]2OC2O[C@H](CO)[C@@H](O)[C@H](O)[C@H]2O)[C@H](O)[C@@H](O)[C@@H]1O. The lowest BCUT2D eigenvalue weighted by Gasteiger charge is -2.47. The van der Waals surface area contributed by atoms with E-state index in [-0.39, 0.29) is 6.42 Å². The molecule has 1 aliphatic carbocycles. The van der Waals surface area contributed by atoms with Crippen molar-refractivity contribution in [2.75, 3.05) is 33.0 Å². The summed E-state index contributed by atoms with van der Waals surface area (Å²) >= 11 is 0. The Kier molecular flexibility index (Phi) is 16.1. The predicted octanol–water partition coefficient (Wildman–Crippen LogP) is -11.3. The zero-order valence-electron chi connectivity index (χ0n) is 29.5. The van der Waals surface area contributed by atoms with Crippen LogP contribution in [0.25, 0.3) is 0 Å². The molecule has 5 aliphatic rings. The molecule has 5 rings (SSSR count). The zero-order chi connectivity index (χ0) is 41.3. The lowest BCUT2D eigenvalue weighted by molar-refractivity contribution is -0.372. The molecular weight excluding hydrogens is 772 g/mol. The van der Waals surface area contributed by atoms with E-state index in [1.54, 1.807) is 0 Å². The molecule has 0 amide bonds. The maximum absolute atomic E-state index is 11.3. The summed E-state index contributed by atoms with van der Waals surface area (Å²) in [5.74, 6) is -0.931. The standard InChI is InChI=1S/C31H54O25/c32-2-7-1-8(14(36)17(39)13(7)35)49-6-12-27(56-30-23(45)18(40)15(37)9(3-33)52-30)21(43)25(47)29(54-12)50-5-11-16(38)19(41)24(46)31(53-11)55-26-10(4-34)51-28(48)22(44)20(26)42/h7-48H,1-6H2/t7-,8+,9-,10-,11-,12-,13-,14+,15-,16-,17+,18+,19+,20-,21-,22-,23-,24-,25-,26-,27-,28+,29+,30?,31-/m1/s1. The number of hydrogen-bond acceptors (Lipinski definition) is 25. The van der Waals surface area contributed by atoms with Gasteiger partial charge in [-0.05, 0) is 6.42 Å². The summed E-state index contributed by atoms with van der Waals surface area (Å²) in [7, 11) is 0. The summed E-state index contributed by atoms with van der Waals surface area (Å²) in [5, 5.41) is 176. The van der Waals surface area contributed by atoms with Crippen molar-refractivity contribution in [1.82, 2.24) is 0 Å². The smallest absolute Gasteiger partial charge is 0.187 e. The Morgan fingerprint density at radius 3 is 1.41 bits per heavy atom. The first-order valence-electron chi connectivity index (χ1n) is 18.0. The van der Waals surface area contributed by atoms with Gasteiger partial charge >= 0.3 is 0 Å². The Labute approximate surface area is 317 Å². The minimum Gasteiger partial charge on any atom is -0.396 e. The molecule has 0 aromatic rings. The lowest BCUT2D eigenvalue weighted by Crippen LogP contribution is -2.66. The Morgan fingerprint density at radius 2 is 0.839 bits per heavy atom. The van der Waals surface area contributed by atoms with Crippen LogP contribution in [0.4, 0.5) is 0 Å². The fourth-order valence-corrected chi connectivity index (χ4v) is 7.27. The molecule has 17 N–H and O–H groups in total. The van der Waals surface area contributed by atoms with Crippen LogP contribution in [-0.2, 0) is 37.9 Å². The summed E-state index contributed by atoms with van der Waals surface area (Å²) in [5.41, 5.74) is 0. The van der Waals surface area contributed by atoms with Crippen LogP contribution in [0.5, 0.6) is 0 Å². The van der Waals surface area contributed by atoms with Crippen molar-refractivity contribution in [3.8, 4) is 0 Å². The first-order valence-corrected chi connectivity index (χ1v) is 18.0. The quantitative estimate of drug-likeness (QED) is 0.0819. The highest BCUT2D eigenvalue weighted by Crippen LogP contribution is 2.34. The molecule has 25 heteroatoms. The molecule has 4 aliphatic heterocycles. The van der Waals surface area contributed by atoms with Crippen molar-refractivity contribution in [1.29, 1.82) is 0 Å². The molecule has 56 heavy (non-hydrogen) atoms. The third kappa shape index (κ3) is 9.47. The molecule has 4 heterocycles. The van der Waals surface area contributed by atoms with Crippen LogP contribution in [0.2, 0.25) is 0 Å². The highest BCUT2D eigenvalue weighted by molar-refractivity contribution is 4.98. The molecule has 1 saturated carbocycles. The van der Waals surface area contributed by atoms with Crippen LogP contribution in [-0.4, -0.2) is 267 Å². The van der Waals surface area contributed by atoms with E-state index in [2.05, 4.69) is 0 Å². The van der Waals surface area contributed by atoms with Crippen LogP contribution in [0.3, 0.4) is 0 Å². The topological polar surface area (TPSA) is 418 Å². The molecule has 0 radical (unpaired) electrons. The first-order chi connectivity index (χ1) is 26.4. The summed E-state index contributed by atoms with van der Waals surface area (Å²) < 4.78 is 44.4. The van der Waals surface area contributed by atoms with Gasteiger partial charge in [-0.25, -0.2) is 0 Å². The van der Waals surface area contributed by atoms with E-state index >= 15 is 0 Å². The van der Waals surface area contributed by atoms with Crippen molar-refractivity contribution in [2.24, 2.45) is 5.92 Å². The highest BCUT2D eigenvalue weighted by atomic mass is 16.8. The van der Waals surface area contributed by atoms with Crippen LogP contribution in [0.1, 0.15) is 6.42 Å². The van der Waals surface area contributed by atoms with E-state index in [9.17, 15) is 86.8 Å². The molecule has 328 valence electrons. The molecule has 25 nitrogen and oxygen atoms in total. The molecular formula is C31H54O25. The van der Waals surface area contributed by atoms with Crippen molar-refractivity contribution in [3.05, 3.63) is 0 Å². The zero-order valence-corrected chi connectivity index (χ0v) is 29.5. The molecule has 25 atom stereocenters. The van der Waals surface area contributed by atoms with E-state index in [0.29, 0.717) is 0 Å². The predicted molar refractivity (Wildman–Crippen MR) is 170 cm³/mol. The molecule has 0 aromatic heterocycles. The second kappa shape index (κ2) is 19.6. The van der Waals surface area contributed by atoms with Crippen molar-refractivity contribution in [2.45, 2.75) is 154 Å². The number of ether oxygens (including phenoxy) is 8. The summed E-state index contributed by atoms with van der Waals surface area (Å²) in [4.78, 5) is 0. The van der Waals surface area contributed by atoms with Gasteiger partial charge in [0.05, 0.1) is 38.6 Å². The van der Waals surface area contributed by atoms with Crippen molar-refractivity contribution in [3.63, 3.8) is 0 Å². The van der Waals surface area contributed by atoms with Gasteiger partial charge in [0, 0.05) is 12.5 Å². The van der Waals surface area contributed by atoms with Gasteiger partial charge in [0.2, 0.25) is 0 Å². The second-order valence-electron chi connectivity index (χ2n) is 14.5. The Bertz CT molecular complexity index is 1200. The fraction of sp³-hybridized carbons (Fsp3) is 1.00. The monoisotopic (exact) mass is 826 g/mol.